The van der Waals surface area contributed by atoms with Crippen LogP contribution in [0.3, 0.4) is 0 Å². The van der Waals surface area contributed by atoms with E-state index in [2.05, 4.69) is 10.6 Å². The fourth-order valence-corrected chi connectivity index (χ4v) is 3.52. The Bertz CT molecular complexity index is 807. The van der Waals surface area contributed by atoms with Crippen LogP contribution in [0.2, 0.25) is 0 Å². The van der Waals surface area contributed by atoms with Gasteiger partial charge in [-0.25, -0.2) is 9.18 Å². The van der Waals surface area contributed by atoms with Crippen LogP contribution in [0.1, 0.15) is 25.3 Å². The van der Waals surface area contributed by atoms with Gasteiger partial charge in [-0.2, -0.15) is 0 Å². The number of nitrogens with one attached hydrogen (secondary N) is 2. The van der Waals surface area contributed by atoms with Crippen LogP contribution in [-0.2, 0) is 9.59 Å². The van der Waals surface area contributed by atoms with E-state index in [1.165, 1.54) is 13.2 Å². The van der Waals surface area contributed by atoms with Crippen LogP contribution in [0.4, 0.5) is 14.9 Å². The molecule has 0 radical (unpaired) electrons. The maximum Gasteiger partial charge on any atom is 0.322 e. The first-order valence-corrected chi connectivity index (χ1v) is 9.24. The first kappa shape index (κ1) is 19.9. The number of amides is 4. The third-order valence-corrected chi connectivity index (χ3v) is 5.46. The molecule has 1 aromatic carbocycles. The van der Waals surface area contributed by atoms with Crippen LogP contribution < -0.4 is 20.3 Å². The van der Waals surface area contributed by atoms with Crippen molar-refractivity contribution in [1.29, 1.82) is 0 Å². The first-order chi connectivity index (χ1) is 13.2. The van der Waals surface area contributed by atoms with E-state index in [4.69, 9.17) is 4.74 Å². The molecule has 152 valence electrons. The zero-order chi connectivity index (χ0) is 20.5. The number of nitrogens with zero attached hydrogens (tertiary/aromatic N) is 2. The molecule has 2 N–H and O–H groups in total. The van der Waals surface area contributed by atoms with E-state index in [0.29, 0.717) is 37.5 Å². The third-order valence-electron chi connectivity index (χ3n) is 5.46. The molecule has 1 aromatic rings. The third kappa shape index (κ3) is 3.88. The minimum absolute atomic E-state index is 0.0671. The predicted octanol–water partition coefficient (Wildman–Crippen LogP) is 1.17. The van der Waals surface area contributed by atoms with E-state index in [0.717, 1.165) is 5.69 Å². The van der Waals surface area contributed by atoms with Crippen molar-refractivity contribution in [2.24, 2.45) is 0 Å². The molecule has 1 atom stereocenters. The monoisotopic (exact) mass is 392 g/mol. The zero-order valence-corrected chi connectivity index (χ0v) is 16.3. The molecule has 0 aromatic heterocycles. The quantitative estimate of drug-likeness (QED) is 0.734. The standard InChI is InChI=1S/C19H25FN4O4/c1-12-14(20)10-13(11-15(12)28-3)23-6-8-24(9-7-23)16(25)4-5-19(2)17(26)21-18(27)22-19/h10-11H,4-9H2,1-3H3,(H2,21,22,26,27). The second-order valence-corrected chi connectivity index (χ2v) is 7.36. The SMILES string of the molecule is COc1cc(N2CCN(C(=O)CCC3(C)NC(=O)NC3=O)CC2)cc(F)c1C. The summed E-state index contributed by atoms with van der Waals surface area (Å²) in [7, 11) is 1.51. The van der Waals surface area contributed by atoms with E-state index in [9.17, 15) is 18.8 Å². The minimum atomic E-state index is -1.05. The highest BCUT2D eigenvalue weighted by Gasteiger charge is 2.42. The van der Waals surface area contributed by atoms with Gasteiger partial charge in [-0.3, -0.25) is 14.9 Å². The molecule has 4 amide bonds. The van der Waals surface area contributed by atoms with Crippen molar-refractivity contribution < 1.29 is 23.5 Å². The molecule has 1 unspecified atom stereocenters. The van der Waals surface area contributed by atoms with Gasteiger partial charge in [0.1, 0.15) is 17.1 Å². The van der Waals surface area contributed by atoms with Gasteiger partial charge in [-0.05, 0) is 26.3 Å². The highest BCUT2D eigenvalue weighted by molar-refractivity contribution is 6.06. The van der Waals surface area contributed by atoms with Crippen molar-refractivity contribution in [3.8, 4) is 5.75 Å². The van der Waals surface area contributed by atoms with Gasteiger partial charge in [0, 0.05) is 49.9 Å². The number of ether oxygens (including phenoxy) is 1. The Morgan fingerprint density at radius 2 is 1.93 bits per heavy atom. The van der Waals surface area contributed by atoms with Crippen LogP contribution in [-0.4, -0.2) is 61.6 Å². The average molecular weight is 392 g/mol. The van der Waals surface area contributed by atoms with Crippen LogP contribution in [0, 0.1) is 12.7 Å². The number of piperazine rings is 1. The summed E-state index contributed by atoms with van der Waals surface area (Å²) in [6.45, 7) is 5.44. The summed E-state index contributed by atoms with van der Waals surface area (Å²) in [5.74, 6) is -0.301. The number of imide groups is 1. The van der Waals surface area contributed by atoms with Crippen molar-refractivity contribution in [1.82, 2.24) is 15.5 Å². The van der Waals surface area contributed by atoms with Crippen molar-refractivity contribution in [3.05, 3.63) is 23.5 Å². The van der Waals surface area contributed by atoms with E-state index in [-0.39, 0.29) is 24.6 Å². The number of hydrogen-bond acceptors (Lipinski definition) is 5. The van der Waals surface area contributed by atoms with Crippen LogP contribution in [0.15, 0.2) is 12.1 Å². The molecule has 2 saturated heterocycles. The Hall–Kier alpha value is -2.84. The average Bonchev–Trinajstić information content (AvgIpc) is 2.94. The number of anilines is 1. The summed E-state index contributed by atoms with van der Waals surface area (Å²) in [6, 6.07) is 2.75. The van der Waals surface area contributed by atoms with Crippen molar-refractivity contribution >= 4 is 23.5 Å². The van der Waals surface area contributed by atoms with Gasteiger partial charge in [0.05, 0.1) is 7.11 Å². The Kier molecular flexibility index (Phi) is 5.44. The number of halogens is 1. The molecule has 9 heteroatoms. The van der Waals surface area contributed by atoms with E-state index in [1.54, 1.807) is 24.8 Å². The molecule has 0 saturated carbocycles. The lowest BCUT2D eigenvalue weighted by atomic mass is 9.96. The highest BCUT2D eigenvalue weighted by atomic mass is 19.1. The molecule has 3 rings (SSSR count). The summed E-state index contributed by atoms with van der Waals surface area (Å²) in [6.07, 6.45) is 0.404. The summed E-state index contributed by atoms with van der Waals surface area (Å²) in [5, 5.41) is 4.75. The number of urea groups is 1. The van der Waals surface area contributed by atoms with Gasteiger partial charge < -0.3 is 19.9 Å². The molecular weight excluding hydrogens is 367 g/mol. The Balaban J connectivity index is 1.55. The van der Waals surface area contributed by atoms with Gasteiger partial charge >= 0.3 is 6.03 Å². The lowest BCUT2D eigenvalue weighted by Gasteiger charge is -2.36. The molecule has 8 nitrogen and oxygen atoms in total. The summed E-state index contributed by atoms with van der Waals surface area (Å²) in [5.41, 5.74) is 0.145. The smallest absolute Gasteiger partial charge is 0.322 e. The maximum absolute atomic E-state index is 14.1. The Morgan fingerprint density at radius 3 is 2.50 bits per heavy atom. The molecule has 2 aliphatic heterocycles. The normalized spacial score (nSPS) is 22.1. The largest absolute Gasteiger partial charge is 0.496 e. The lowest BCUT2D eigenvalue weighted by molar-refractivity contribution is -0.132. The second-order valence-electron chi connectivity index (χ2n) is 7.36. The molecule has 2 fully saturated rings. The number of hydrogen-bond donors (Lipinski definition) is 2. The van der Waals surface area contributed by atoms with Crippen molar-refractivity contribution in [2.45, 2.75) is 32.2 Å². The summed E-state index contributed by atoms with van der Waals surface area (Å²) in [4.78, 5) is 39.4. The summed E-state index contributed by atoms with van der Waals surface area (Å²) < 4.78 is 19.3. The number of rotatable bonds is 5. The number of carbonyl (C=O) groups excluding carboxylic acids is 3. The van der Waals surface area contributed by atoms with E-state index in [1.807, 2.05) is 4.90 Å². The zero-order valence-electron chi connectivity index (χ0n) is 16.3. The maximum atomic E-state index is 14.1. The number of carbonyl (C=O) groups is 3. The lowest BCUT2D eigenvalue weighted by Crippen LogP contribution is -2.50. The number of benzene rings is 1. The van der Waals surface area contributed by atoms with Gasteiger partial charge in [-0.1, -0.05) is 0 Å². The Morgan fingerprint density at radius 1 is 1.25 bits per heavy atom. The fraction of sp³-hybridized carbons (Fsp3) is 0.526. The summed E-state index contributed by atoms with van der Waals surface area (Å²) >= 11 is 0. The number of methoxy groups -OCH3 is 1. The van der Waals surface area contributed by atoms with Gasteiger partial charge in [0.25, 0.3) is 5.91 Å². The predicted molar refractivity (Wildman–Crippen MR) is 101 cm³/mol. The van der Waals surface area contributed by atoms with E-state index < -0.39 is 17.5 Å². The fourth-order valence-electron chi connectivity index (χ4n) is 3.52. The molecule has 0 aliphatic carbocycles. The molecule has 0 spiro atoms. The molecule has 2 heterocycles. The van der Waals surface area contributed by atoms with Gasteiger partial charge in [0.15, 0.2) is 0 Å². The first-order valence-electron chi connectivity index (χ1n) is 9.24. The topological polar surface area (TPSA) is 91.0 Å². The molecule has 28 heavy (non-hydrogen) atoms. The van der Waals surface area contributed by atoms with Gasteiger partial charge in [-0.15, -0.1) is 0 Å². The minimum Gasteiger partial charge on any atom is -0.496 e. The van der Waals surface area contributed by atoms with Crippen molar-refractivity contribution in [2.75, 3.05) is 38.2 Å². The Labute approximate surface area is 163 Å². The van der Waals surface area contributed by atoms with Crippen LogP contribution in [0.5, 0.6) is 5.75 Å². The second kappa shape index (κ2) is 7.65. The van der Waals surface area contributed by atoms with E-state index >= 15 is 0 Å². The highest BCUT2D eigenvalue weighted by Crippen LogP contribution is 2.28. The molecule has 0 bridgehead atoms. The molecule has 2 aliphatic rings. The van der Waals surface area contributed by atoms with Crippen molar-refractivity contribution in [3.63, 3.8) is 0 Å². The molecular formula is C19H25FN4O4. The van der Waals surface area contributed by atoms with Gasteiger partial charge in [0.2, 0.25) is 5.91 Å². The van der Waals surface area contributed by atoms with Crippen LogP contribution in [0.25, 0.3) is 0 Å². The van der Waals surface area contributed by atoms with Crippen LogP contribution >= 0.6 is 0 Å².